The number of aryl methyl sites for hydroxylation is 3. The Morgan fingerprint density at radius 2 is 0.739 bits per heavy atom. The summed E-state index contributed by atoms with van der Waals surface area (Å²) >= 11 is 0. The van der Waals surface area contributed by atoms with Crippen LogP contribution in [0, 0.1) is 6.92 Å². The number of methoxy groups -OCH3 is 4. The predicted octanol–water partition coefficient (Wildman–Crippen LogP) is 10.4. The maximum absolute atomic E-state index is 12.8. The highest BCUT2D eigenvalue weighted by Crippen LogP contribution is 2.36. The number of anilines is 8. The smallest absolute Gasteiger partial charge is 0.254 e. The van der Waals surface area contributed by atoms with Gasteiger partial charge in [0.05, 0.1) is 151 Å². The predicted molar refractivity (Wildman–Crippen MR) is 431 cm³/mol. The van der Waals surface area contributed by atoms with Crippen LogP contribution >= 0.6 is 0 Å². The third kappa shape index (κ3) is 19.0. The Hall–Kier alpha value is -13.0. The standard InChI is InChI=1S/C21H25N5O4.C20H23N5O4.C20H23N5O3.C19H22N6O3/c1-4-30-19-17-13(2)12-22-18(17)24-21(25-19)23-15-6-5-14(11-16(15)28-3)20(27)26-7-9-29-10-8-26;1-3-29-18-14-6-7-21-17(14)23-20(24-18)22-15-5-4-13(12-16(15)27-2)19(26)25-8-10-28-11-9-25;1-3-15-14-6-7-21-18(14)24-20(22-15)23-16-5-4-13(12-17(16)27-2)19(26)25-8-10-28-11-9-25;1-3-14-13-11-20-24-17(13)23-19(21-14)22-15-5-4-12(10-16(15)27-2)18(26)25-6-8-28-9-7-25/h5-6,11-12H,4,7-10H2,1-3H3,(H2,22,23,24,25);4-7,12H,3,8-11H2,1-2H3,(H2,21,22,23,24);4-7,12H,3,8-11H2,1-2H3,(H2,21,22,23,24);4-5,10-11H,3,6-9H2,1-2H3,(H2,20,21,22,23,24). The summed E-state index contributed by atoms with van der Waals surface area (Å²) in [6.45, 7) is 20.1. The number of carbonyl (C=O) groups excluding carboxylic acids is 4. The van der Waals surface area contributed by atoms with Crippen LogP contribution in [0.25, 0.3) is 44.1 Å². The van der Waals surface area contributed by atoms with Gasteiger partial charge in [-0.15, -0.1) is 0 Å². The monoisotopic (exact) mass is 1570 g/mol. The Morgan fingerprint density at radius 3 is 1.12 bits per heavy atom. The Kier molecular flexibility index (Phi) is 26.5. The number of nitrogens with zero attached hydrogens (tertiary/aromatic N) is 13. The van der Waals surface area contributed by atoms with E-state index >= 15 is 0 Å². The molecular formula is C80H93N21O14. The minimum Gasteiger partial charge on any atom is -0.495 e. The highest BCUT2D eigenvalue weighted by molar-refractivity contribution is 5.98. The molecule has 4 amide bonds. The molecule has 0 saturated carbocycles. The molecule has 35 nitrogen and oxygen atoms in total. The fraction of sp³-hybridized carbons (Fsp3) is 0.362. The Bertz CT molecular complexity index is 5210. The molecule has 602 valence electrons. The molecule has 12 heterocycles. The number of nitrogens with one attached hydrogen (secondary N) is 8. The first-order valence-electron chi connectivity index (χ1n) is 38.0. The van der Waals surface area contributed by atoms with E-state index in [1.165, 1.54) is 0 Å². The summed E-state index contributed by atoms with van der Waals surface area (Å²) in [6.07, 6.45) is 8.81. The van der Waals surface area contributed by atoms with Gasteiger partial charge in [0, 0.05) is 98.6 Å². The fourth-order valence-corrected chi connectivity index (χ4v) is 13.2. The summed E-state index contributed by atoms with van der Waals surface area (Å²) in [5, 5.41) is 23.3. The molecule has 4 fully saturated rings. The van der Waals surface area contributed by atoms with E-state index in [1.54, 1.807) is 127 Å². The van der Waals surface area contributed by atoms with Crippen molar-refractivity contribution in [2.75, 3.05) is 168 Å². The molecule has 12 aromatic rings. The number of hydrogen-bond acceptors (Lipinski definition) is 27. The highest BCUT2D eigenvalue weighted by atomic mass is 16.5. The van der Waals surface area contributed by atoms with E-state index in [1.807, 2.05) is 58.3 Å². The highest BCUT2D eigenvalue weighted by Gasteiger charge is 2.27. The summed E-state index contributed by atoms with van der Waals surface area (Å²) in [4.78, 5) is 103. The first-order chi connectivity index (χ1) is 56.2. The van der Waals surface area contributed by atoms with Crippen molar-refractivity contribution in [1.29, 1.82) is 0 Å². The van der Waals surface area contributed by atoms with Gasteiger partial charge in [0.2, 0.25) is 35.6 Å². The van der Waals surface area contributed by atoms with Gasteiger partial charge in [0.15, 0.2) is 5.65 Å². The Morgan fingerprint density at radius 1 is 0.400 bits per heavy atom. The van der Waals surface area contributed by atoms with E-state index in [0.29, 0.717) is 239 Å². The quantitative estimate of drug-likeness (QED) is 0.0312. The average Bonchev–Trinajstić information content (AvgIpc) is 1.69. The number of H-pyrrole nitrogens is 4. The van der Waals surface area contributed by atoms with Crippen molar-refractivity contribution >= 4 is 114 Å². The van der Waals surface area contributed by atoms with E-state index in [9.17, 15) is 19.2 Å². The van der Waals surface area contributed by atoms with Gasteiger partial charge in [0.1, 0.15) is 39.9 Å². The van der Waals surface area contributed by atoms with Gasteiger partial charge >= 0.3 is 0 Å². The number of ether oxygens (including phenoxy) is 10. The normalized spacial score (nSPS) is 14.2. The number of aromatic amines is 4. The number of amides is 4. The van der Waals surface area contributed by atoms with Crippen LogP contribution in [0.2, 0.25) is 0 Å². The molecule has 8 aromatic heterocycles. The lowest BCUT2D eigenvalue weighted by atomic mass is 10.1. The summed E-state index contributed by atoms with van der Waals surface area (Å²) in [5.41, 5.74) is 10.7. The molecule has 0 radical (unpaired) electrons. The van der Waals surface area contributed by atoms with E-state index < -0.39 is 0 Å². The molecule has 4 aliphatic rings. The zero-order chi connectivity index (χ0) is 80.3. The zero-order valence-corrected chi connectivity index (χ0v) is 65.6. The first kappa shape index (κ1) is 80.1. The second-order valence-corrected chi connectivity index (χ2v) is 26.4. The summed E-state index contributed by atoms with van der Waals surface area (Å²) in [5.74, 6) is 4.71. The second-order valence-electron chi connectivity index (χ2n) is 26.4. The largest absolute Gasteiger partial charge is 0.495 e. The number of benzene rings is 4. The fourth-order valence-electron chi connectivity index (χ4n) is 13.2. The molecule has 8 N–H and O–H groups in total. The molecule has 4 saturated heterocycles. The minimum atomic E-state index is -0.0409. The maximum Gasteiger partial charge on any atom is 0.254 e. The summed E-state index contributed by atoms with van der Waals surface area (Å²) < 4.78 is 54.6. The van der Waals surface area contributed by atoms with E-state index in [-0.39, 0.29) is 23.6 Å². The van der Waals surface area contributed by atoms with Crippen molar-refractivity contribution in [2.45, 2.75) is 47.5 Å². The topological polar surface area (TPSA) is 401 Å². The lowest BCUT2D eigenvalue weighted by Gasteiger charge is -2.27. The van der Waals surface area contributed by atoms with Gasteiger partial charge in [-0.2, -0.15) is 35.0 Å². The molecule has 115 heavy (non-hydrogen) atoms. The number of rotatable bonds is 22. The molecule has 0 unspecified atom stereocenters. The van der Waals surface area contributed by atoms with Gasteiger partial charge in [-0.25, -0.2) is 9.97 Å². The van der Waals surface area contributed by atoms with Crippen molar-refractivity contribution in [3.63, 3.8) is 0 Å². The lowest BCUT2D eigenvalue weighted by Crippen LogP contribution is -2.40. The average molecular weight is 1570 g/mol. The van der Waals surface area contributed by atoms with Gasteiger partial charge in [-0.1, -0.05) is 13.8 Å². The van der Waals surface area contributed by atoms with Crippen LogP contribution < -0.4 is 49.7 Å². The molecule has 4 aromatic carbocycles. The summed E-state index contributed by atoms with van der Waals surface area (Å²) in [6, 6.07) is 25.1. The van der Waals surface area contributed by atoms with Crippen LogP contribution in [-0.2, 0) is 31.8 Å². The number of carbonyl (C=O) groups is 4. The molecule has 0 bridgehead atoms. The zero-order valence-electron chi connectivity index (χ0n) is 65.6. The number of morpholine rings is 4. The van der Waals surface area contributed by atoms with Crippen LogP contribution in [-0.4, -0.2) is 255 Å². The molecule has 0 spiro atoms. The third-order valence-electron chi connectivity index (χ3n) is 19.2. The Labute approximate surface area is 661 Å². The summed E-state index contributed by atoms with van der Waals surface area (Å²) in [7, 11) is 6.27. The number of aromatic nitrogens is 13. The third-order valence-corrected chi connectivity index (χ3v) is 19.2. The second kappa shape index (κ2) is 38.0. The van der Waals surface area contributed by atoms with Crippen molar-refractivity contribution in [3.8, 4) is 34.8 Å². The first-order valence-corrected chi connectivity index (χ1v) is 38.0. The van der Waals surface area contributed by atoms with E-state index in [0.717, 1.165) is 57.0 Å². The van der Waals surface area contributed by atoms with Crippen molar-refractivity contribution in [2.24, 2.45) is 0 Å². The van der Waals surface area contributed by atoms with Crippen LogP contribution in [0.3, 0.4) is 0 Å². The van der Waals surface area contributed by atoms with Gasteiger partial charge < -0.3 is 103 Å². The molecule has 35 heteroatoms. The van der Waals surface area contributed by atoms with Crippen LogP contribution in [0.5, 0.6) is 34.8 Å². The Balaban J connectivity index is 0.000000134. The van der Waals surface area contributed by atoms with Crippen LogP contribution in [0.15, 0.2) is 110 Å². The maximum atomic E-state index is 12.8. The van der Waals surface area contributed by atoms with E-state index in [2.05, 4.69) is 93.2 Å². The van der Waals surface area contributed by atoms with Gasteiger partial charge in [-0.3, -0.25) is 24.3 Å². The molecule has 16 rings (SSSR count). The van der Waals surface area contributed by atoms with Gasteiger partial charge in [-0.05, 0) is 124 Å². The minimum absolute atomic E-state index is 0.0227. The molecule has 0 atom stereocenters. The van der Waals surface area contributed by atoms with Crippen LogP contribution in [0.1, 0.15) is 86.1 Å². The van der Waals surface area contributed by atoms with Crippen molar-refractivity contribution < 1.29 is 66.5 Å². The van der Waals surface area contributed by atoms with E-state index in [4.69, 9.17) is 47.4 Å². The SMILES string of the molecule is CCOc1nc(Nc2ccc(C(=O)N3CCOCC3)cc2OC)nc2[nH]cc(C)c12.CCOc1nc(Nc2ccc(C(=O)N3CCOCC3)cc2OC)nc2[nH]ccc12.CCc1nc(Nc2ccc(C(=O)N3CCOCC3)cc2OC)nc2[nH]ccc12.CCc1nc(Nc2ccc(C(=O)N3CCOCC3)cc2OC)nc2[nH]ncc12. The number of fused-ring (bicyclic) bond motifs is 4. The lowest BCUT2D eigenvalue weighted by molar-refractivity contribution is 0.0301. The van der Waals surface area contributed by atoms with Gasteiger partial charge in [0.25, 0.3) is 23.6 Å². The molecular weight excluding hydrogens is 1480 g/mol. The van der Waals surface area contributed by atoms with Crippen molar-refractivity contribution in [3.05, 3.63) is 149 Å². The van der Waals surface area contributed by atoms with Crippen LogP contribution in [0.4, 0.5) is 46.5 Å². The molecule has 0 aliphatic carbocycles. The number of hydrogen-bond donors (Lipinski definition) is 8. The molecule has 4 aliphatic heterocycles. The van der Waals surface area contributed by atoms with Crippen molar-refractivity contribution in [1.82, 2.24) is 84.6 Å².